The molecule has 0 radical (unpaired) electrons. The van der Waals surface area contributed by atoms with E-state index in [4.69, 9.17) is 4.74 Å². The van der Waals surface area contributed by atoms with Gasteiger partial charge in [-0.15, -0.1) is 0 Å². The van der Waals surface area contributed by atoms with Gasteiger partial charge in [-0.05, 0) is 17.3 Å². The molecule has 0 saturated carbocycles. The first-order valence-electron chi connectivity index (χ1n) is 8.73. The van der Waals surface area contributed by atoms with Crippen molar-refractivity contribution >= 4 is 11.2 Å². The molecule has 138 valence electrons. The van der Waals surface area contributed by atoms with Crippen LogP contribution >= 0.6 is 0 Å². The fourth-order valence-corrected chi connectivity index (χ4v) is 3.91. The molecule has 1 unspecified atom stereocenters. The molecule has 1 aliphatic heterocycles. The molecule has 1 saturated heterocycles. The van der Waals surface area contributed by atoms with Gasteiger partial charge < -0.3 is 14.8 Å². The lowest BCUT2D eigenvalue weighted by Crippen LogP contribution is -2.38. The summed E-state index contributed by atoms with van der Waals surface area (Å²) in [6.45, 7) is 12.8. The Bertz CT molecular complexity index is 812. The molecular formula is C18H28N4O3. The minimum absolute atomic E-state index is 0.0517. The van der Waals surface area contributed by atoms with Crippen LogP contribution in [-0.4, -0.2) is 36.8 Å². The number of imidazole rings is 1. The van der Waals surface area contributed by atoms with Crippen LogP contribution < -0.4 is 5.69 Å². The van der Waals surface area contributed by atoms with Gasteiger partial charge >= 0.3 is 5.69 Å². The van der Waals surface area contributed by atoms with Crippen LogP contribution in [0.15, 0.2) is 17.3 Å². The van der Waals surface area contributed by atoms with Crippen molar-refractivity contribution in [1.82, 2.24) is 19.5 Å². The van der Waals surface area contributed by atoms with Crippen molar-refractivity contribution in [3.63, 3.8) is 0 Å². The van der Waals surface area contributed by atoms with E-state index in [1.54, 1.807) is 6.20 Å². The molecule has 0 amide bonds. The number of hydrogen-bond donors (Lipinski definition) is 2. The summed E-state index contributed by atoms with van der Waals surface area (Å²) in [5.74, 6) is -0.0876. The summed E-state index contributed by atoms with van der Waals surface area (Å²) in [4.78, 5) is 23.3. The molecule has 2 aromatic rings. The predicted octanol–water partition coefficient (Wildman–Crippen LogP) is 2.48. The van der Waals surface area contributed by atoms with Gasteiger partial charge in [-0.3, -0.25) is 0 Å². The molecule has 0 aromatic carbocycles. The molecule has 25 heavy (non-hydrogen) atoms. The summed E-state index contributed by atoms with van der Waals surface area (Å²) < 4.78 is 7.67. The zero-order valence-corrected chi connectivity index (χ0v) is 15.8. The van der Waals surface area contributed by atoms with Gasteiger partial charge in [0.05, 0.1) is 12.3 Å². The van der Waals surface area contributed by atoms with Gasteiger partial charge in [0, 0.05) is 5.92 Å². The lowest BCUT2D eigenvalue weighted by Gasteiger charge is -2.35. The molecule has 3 rings (SSSR count). The maximum atomic E-state index is 12.5. The second-order valence-corrected chi connectivity index (χ2v) is 9.27. The molecule has 4 atom stereocenters. The summed E-state index contributed by atoms with van der Waals surface area (Å²) in [6.07, 6.45) is 2.05. The van der Waals surface area contributed by atoms with Crippen LogP contribution in [0.25, 0.3) is 11.2 Å². The van der Waals surface area contributed by atoms with E-state index in [-0.39, 0.29) is 28.5 Å². The van der Waals surface area contributed by atoms with E-state index in [9.17, 15) is 9.90 Å². The third kappa shape index (κ3) is 3.35. The molecule has 1 aliphatic rings. The Morgan fingerprint density at radius 3 is 2.56 bits per heavy atom. The van der Waals surface area contributed by atoms with Gasteiger partial charge in [-0.1, -0.05) is 41.5 Å². The largest absolute Gasteiger partial charge is 0.388 e. The van der Waals surface area contributed by atoms with Gasteiger partial charge in [0.25, 0.3) is 0 Å². The zero-order valence-electron chi connectivity index (χ0n) is 15.8. The second-order valence-electron chi connectivity index (χ2n) is 9.27. The fraction of sp³-hybridized carbons (Fsp3) is 0.722. The summed E-state index contributed by atoms with van der Waals surface area (Å²) >= 11 is 0. The number of fused-ring (bicyclic) bond motifs is 1. The van der Waals surface area contributed by atoms with Crippen LogP contribution in [0.1, 0.15) is 54.2 Å². The Morgan fingerprint density at radius 2 is 1.96 bits per heavy atom. The first kappa shape index (κ1) is 18.1. The highest BCUT2D eigenvalue weighted by molar-refractivity contribution is 5.68. The third-order valence-corrected chi connectivity index (χ3v) is 4.82. The highest BCUT2D eigenvalue weighted by atomic mass is 16.5. The molecule has 0 aliphatic carbocycles. The average Bonchev–Trinajstić information content (AvgIpc) is 2.92. The van der Waals surface area contributed by atoms with Crippen LogP contribution in [0.3, 0.4) is 0 Å². The van der Waals surface area contributed by atoms with E-state index in [1.807, 2.05) is 0 Å². The van der Waals surface area contributed by atoms with Crippen molar-refractivity contribution in [2.24, 2.45) is 16.7 Å². The van der Waals surface area contributed by atoms with E-state index < -0.39 is 12.3 Å². The van der Waals surface area contributed by atoms with Crippen molar-refractivity contribution in [2.75, 3.05) is 0 Å². The molecular weight excluding hydrogens is 320 g/mol. The number of nitrogens with zero attached hydrogens (tertiary/aromatic N) is 3. The SMILES string of the molecule is CC(C)(C)C[C@H]1O[C@@H](n2c(=O)[nH]c3cncnc32)[C@H](O)C1C(C)(C)C. The highest BCUT2D eigenvalue weighted by Crippen LogP contribution is 2.47. The lowest BCUT2D eigenvalue weighted by atomic mass is 9.71. The minimum atomic E-state index is -0.793. The number of aliphatic hydroxyl groups is 1. The highest BCUT2D eigenvalue weighted by Gasteiger charge is 2.51. The standard InChI is InChI=1S/C18H28N4O3/c1-17(2,3)7-11-12(18(4,5)6)13(23)15(25-11)22-14-10(21-16(22)24)8-19-9-20-14/h8-9,11-13,15,23H,7H2,1-6H3,(H,21,24)/t11-,12?,13-,15-/m1/s1. The molecule has 0 spiro atoms. The lowest BCUT2D eigenvalue weighted by molar-refractivity contribution is -0.0467. The molecule has 7 nitrogen and oxygen atoms in total. The van der Waals surface area contributed by atoms with E-state index in [2.05, 4.69) is 56.5 Å². The molecule has 2 N–H and O–H groups in total. The smallest absolute Gasteiger partial charge is 0.329 e. The molecule has 2 aromatic heterocycles. The van der Waals surface area contributed by atoms with E-state index in [0.717, 1.165) is 6.42 Å². The normalized spacial score (nSPS) is 28.0. The number of hydrogen-bond acceptors (Lipinski definition) is 5. The number of H-pyrrole nitrogens is 1. The van der Waals surface area contributed by atoms with Crippen molar-refractivity contribution < 1.29 is 9.84 Å². The van der Waals surface area contributed by atoms with E-state index in [1.165, 1.54) is 10.9 Å². The summed E-state index contributed by atoms with van der Waals surface area (Å²) in [7, 11) is 0. The van der Waals surface area contributed by atoms with Crippen LogP contribution in [0.4, 0.5) is 0 Å². The number of rotatable bonds is 2. The van der Waals surface area contributed by atoms with Crippen molar-refractivity contribution in [2.45, 2.75) is 66.4 Å². The molecule has 3 heterocycles. The first-order chi connectivity index (χ1) is 11.5. The number of aromatic nitrogens is 4. The van der Waals surface area contributed by atoms with Gasteiger partial charge in [-0.25, -0.2) is 19.3 Å². The predicted molar refractivity (Wildman–Crippen MR) is 95.1 cm³/mol. The van der Waals surface area contributed by atoms with Crippen LogP contribution in [-0.2, 0) is 4.74 Å². The summed E-state index contributed by atoms with van der Waals surface area (Å²) in [6, 6.07) is 0. The Morgan fingerprint density at radius 1 is 1.28 bits per heavy atom. The van der Waals surface area contributed by atoms with Crippen molar-refractivity contribution in [3.8, 4) is 0 Å². The number of ether oxygens (including phenoxy) is 1. The number of aliphatic hydroxyl groups excluding tert-OH is 1. The Kier molecular flexibility index (Phi) is 4.28. The number of aromatic amines is 1. The third-order valence-electron chi connectivity index (χ3n) is 4.82. The van der Waals surface area contributed by atoms with Crippen molar-refractivity contribution in [3.05, 3.63) is 23.0 Å². The fourth-order valence-electron chi connectivity index (χ4n) is 3.91. The summed E-state index contributed by atoms with van der Waals surface area (Å²) in [5.41, 5.74) is 0.539. The van der Waals surface area contributed by atoms with Gasteiger partial charge in [0.1, 0.15) is 17.9 Å². The van der Waals surface area contributed by atoms with Crippen LogP contribution in [0, 0.1) is 16.7 Å². The van der Waals surface area contributed by atoms with Gasteiger partial charge in [0.15, 0.2) is 11.9 Å². The molecule has 0 bridgehead atoms. The molecule has 1 fully saturated rings. The number of nitrogens with one attached hydrogen (secondary N) is 1. The first-order valence-corrected chi connectivity index (χ1v) is 8.73. The monoisotopic (exact) mass is 348 g/mol. The van der Waals surface area contributed by atoms with Crippen LogP contribution in [0.2, 0.25) is 0 Å². The van der Waals surface area contributed by atoms with Gasteiger partial charge in [0.2, 0.25) is 0 Å². The molecule has 7 heteroatoms. The van der Waals surface area contributed by atoms with Crippen LogP contribution in [0.5, 0.6) is 0 Å². The van der Waals surface area contributed by atoms with Crippen molar-refractivity contribution in [1.29, 1.82) is 0 Å². The van der Waals surface area contributed by atoms with Gasteiger partial charge in [-0.2, -0.15) is 0 Å². The maximum Gasteiger partial charge on any atom is 0.329 e. The average molecular weight is 348 g/mol. The van der Waals surface area contributed by atoms with E-state index in [0.29, 0.717) is 11.2 Å². The quantitative estimate of drug-likeness (QED) is 0.870. The summed E-state index contributed by atoms with van der Waals surface area (Å²) in [5, 5.41) is 11.1. The topological polar surface area (TPSA) is 93.0 Å². The Balaban J connectivity index is 2.05. The zero-order chi connectivity index (χ0) is 18.6. The Hall–Kier alpha value is -1.73. The maximum absolute atomic E-state index is 12.5. The van der Waals surface area contributed by atoms with E-state index >= 15 is 0 Å². The minimum Gasteiger partial charge on any atom is -0.388 e. The Labute approximate surface area is 147 Å². The second kappa shape index (κ2) is 5.92.